The van der Waals surface area contributed by atoms with Gasteiger partial charge in [0.15, 0.2) is 24.0 Å². The Hall–Kier alpha value is -1.16. The van der Waals surface area contributed by atoms with Crippen molar-refractivity contribution >= 4 is 11.6 Å². The van der Waals surface area contributed by atoms with Gasteiger partial charge in [-0.3, -0.25) is 0 Å². The van der Waals surface area contributed by atoms with E-state index in [0.29, 0.717) is 0 Å². The van der Waals surface area contributed by atoms with Crippen LogP contribution >= 0.6 is 11.6 Å². The number of aliphatic hydroxyl groups excluding tert-OH is 7. The molecule has 0 aliphatic carbocycles. The molecule has 2 fully saturated rings. The number of aliphatic hydroxyl groups is 7. The van der Waals surface area contributed by atoms with E-state index in [1.807, 2.05) is 0 Å². The number of benzene rings is 1. The maximum atomic E-state index is 14.3. The highest BCUT2D eigenvalue weighted by molar-refractivity contribution is 6.32. The molecular weight excluding hydrogens is 471 g/mol. The first-order chi connectivity index (χ1) is 15.6. The standard InChI is InChI=1S/C20H28ClFO11/c1-2-30-20-15(29)19(32-16-7(21)4-3-5-8(16)22)14(28)18(33-20)13(27)17-12(26)11(25)10(24)9(6-23)31-17/h3-5,9-15,17-20,23-29H,2,6H2,1H3/t9-,10-,11+,12-,13?,14-,15-,17-,18-,19+,20+/m1/s1. The first-order valence-corrected chi connectivity index (χ1v) is 10.7. The van der Waals surface area contributed by atoms with Crippen molar-refractivity contribution in [2.75, 3.05) is 13.2 Å². The molecule has 2 aliphatic heterocycles. The molecule has 13 heteroatoms. The highest BCUT2D eigenvalue weighted by Gasteiger charge is 2.54. The molecule has 188 valence electrons. The second-order valence-electron chi connectivity index (χ2n) is 7.82. The van der Waals surface area contributed by atoms with Crippen molar-refractivity contribution in [1.82, 2.24) is 0 Å². The van der Waals surface area contributed by atoms with Crippen LogP contribution < -0.4 is 4.74 Å². The van der Waals surface area contributed by atoms with Crippen LogP contribution in [-0.4, -0.2) is 116 Å². The SMILES string of the molecule is CCO[C@H]1O[C@H](C(O)[C@@H]2O[C@H](CO)[C@@H](O)[C@H](O)[C@H]2O)[C@@H](O)[C@H](Oc2c(F)cccc2Cl)[C@H]1O. The summed E-state index contributed by atoms with van der Waals surface area (Å²) >= 11 is 5.97. The second-order valence-corrected chi connectivity index (χ2v) is 8.23. The van der Waals surface area contributed by atoms with E-state index >= 15 is 0 Å². The van der Waals surface area contributed by atoms with E-state index in [-0.39, 0.29) is 11.6 Å². The number of ether oxygens (including phenoxy) is 4. The minimum atomic E-state index is -1.87. The van der Waals surface area contributed by atoms with E-state index in [0.717, 1.165) is 6.07 Å². The molecule has 3 rings (SSSR count). The Morgan fingerprint density at radius 1 is 1.00 bits per heavy atom. The molecule has 0 radical (unpaired) electrons. The molecule has 2 heterocycles. The van der Waals surface area contributed by atoms with Gasteiger partial charge in [0.2, 0.25) is 0 Å². The van der Waals surface area contributed by atoms with Crippen molar-refractivity contribution in [3.8, 4) is 5.75 Å². The van der Waals surface area contributed by atoms with Crippen LogP contribution in [0.3, 0.4) is 0 Å². The lowest BCUT2D eigenvalue weighted by atomic mass is 9.86. The van der Waals surface area contributed by atoms with Crippen molar-refractivity contribution in [3.63, 3.8) is 0 Å². The third kappa shape index (κ3) is 5.26. The second kappa shape index (κ2) is 11.1. The third-order valence-electron chi connectivity index (χ3n) is 5.69. The van der Waals surface area contributed by atoms with Gasteiger partial charge in [-0.2, -0.15) is 0 Å². The van der Waals surface area contributed by atoms with Crippen molar-refractivity contribution in [2.45, 2.75) is 74.3 Å². The van der Waals surface area contributed by atoms with Crippen molar-refractivity contribution in [3.05, 3.63) is 29.0 Å². The fourth-order valence-corrected chi connectivity index (χ4v) is 4.12. The van der Waals surface area contributed by atoms with Gasteiger partial charge in [-0.1, -0.05) is 17.7 Å². The van der Waals surface area contributed by atoms with E-state index in [2.05, 4.69) is 0 Å². The summed E-state index contributed by atoms with van der Waals surface area (Å²) in [5.74, 6) is -1.33. The summed E-state index contributed by atoms with van der Waals surface area (Å²) in [5.41, 5.74) is 0. The van der Waals surface area contributed by atoms with Crippen LogP contribution in [0.4, 0.5) is 4.39 Å². The van der Waals surface area contributed by atoms with Crippen LogP contribution in [0.25, 0.3) is 0 Å². The van der Waals surface area contributed by atoms with Crippen molar-refractivity contribution in [2.24, 2.45) is 0 Å². The Kier molecular flexibility index (Phi) is 8.86. The Bertz CT molecular complexity index is 766. The summed E-state index contributed by atoms with van der Waals surface area (Å²) in [6, 6.07) is 3.72. The number of para-hydroxylation sites is 1. The Balaban J connectivity index is 1.89. The largest absolute Gasteiger partial charge is 0.480 e. The van der Waals surface area contributed by atoms with Crippen LogP contribution in [0.5, 0.6) is 5.75 Å². The average molecular weight is 499 g/mol. The Labute approximate surface area is 193 Å². The first kappa shape index (κ1) is 26.4. The zero-order valence-corrected chi connectivity index (χ0v) is 18.3. The van der Waals surface area contributed by atoms with Gasteiger partial charge in [0, 0.05) is 6.61 Å². The van der Waals surface area contributed by atoms with Crippen LogP contribution in [-0.2, 0) is 14.2 Å². The maximum Gasteiger partial charge on any atom is 0.187 e. The molecule has 1 aromatic carbocycles. The van der Waals surface area contributed by atoms with Crippen LogP contribution in [0, 0.1) is 5.82 Å². The summed E-state index contributed by atoms with van der Waals surface area (Å²) in [7, 11) is 0. The van der Waals surface area contributed by atoms with Crippen LogP contribution in [0.1, 0.15) is 6.92 Å². The molecule has 0 spiro atoms. The zero-order valence-electron chi connectivity index (χ0n) is 17.5. The van der Waals surface area contributed by atoms with Gasteiger partial charge in [-0.25, -0.2) is 4.39 Å². The van der Waals surface area contributed by atoms with Crippen molar-refractivity contribution in [1.29, 1.82) is 0 Å². The number of hydrogen-bond acceptors (Lipinski definition) is 11. The van der Waals surface area contributed by atoms with Crippen molar-refractivity contribution < 1.29 is 59.1 Å². The Morgan fingerprint density at radius 3 is 2.27 bits per heavy atom. The average Bonchev–Trinajstić information content (AvgIpc) is 2.78. The molecule has 2 saturated heterocycles. The fraction of sp³-hybridized carbons (Fsp3) is 0.700. The monoisotopic (exact) mass is 498 g/mol. The first-order valence-electron chi connectivity index (χ1n) is 10.3. The summed E-state index contributed by atoms with van der Waals surface area (Å²) in [6.07, 6.45) is -18.2. The molecule has 7 N–H and O–H groups in total. The summed E-state index contributed by atoms with van der Waals surface area (Å²) < 4.78 is 35.9. The lowest BCUT2D eigenvalue weighted by Gasteiger charge is -2.47. The molecule has 0 aromatic heterocycles. The van der Waals surface area contributed by atoms with Gasteiger partial charge in [-0.15, -0.1) is 0 Å². The van der Waals surface area contributed by atoms with Gasteiger partial charge < -0.3 is 54.7 Å². The molecule has 1 aromatic rings. The molecule has 0 bridgehead atoms. The topological polar surface area (TPSA) is 179 Å². The summed E-state index contributed by atoms with van der Waals surface area (Å²) in [5, 5.41) is 71.9. The molecule has 1 unspecified atom stereocenters. The smallest absolute Gasteiger partial charge is 0.187 e. The summed E-state index contributed by atoms with van der Waals surface area (Å²) in [4.78, 5) is 0. The van der Waals surface area contributed by atoms with Gasteiger partial charge in [0.1, 0.15) is 54.9 Å². The van der Waals surface area contributed by atoms with Crippen LogP contribution in [0.15, 0.2) is 18.2 Å². The van der Waals surface area contributed by atoms with E-state index in [1.165, 1.54) is 12.1 Å². The van der Waals surface area contributed by atoms with E-state index < -0.39 is 85.5 Å². The number of rotatable bonds is 7. The number of hydrogen-bond donors (Lipinski definition) is 7. The minimum absolute atomic E-state index is 0.0495. The van der Waals surface area contributed by atoms with E-state index in [1.54, 1.807) is 6.92 Å². The zero-order chi connectivity index (χ0) is 24.4. The number of halogens is 2. The highest BCUT2D eigenvalue weighted by atomic mass is 35.5. The lowest BCUT2D eigenvalue weighted by Crippen LogP contribution is -2.68. The quantitative estimate of drug-likeness (QED) is 0.219. The van der Waals surface area contributed by atoms with E-state index in [4.69, 9.17) is 30.5 Å². The lowest BCUT2D eigenvalue weighted by molar-refractivity contribution is -0.325. The van der Waals surface area contributed by atoms with Crippen LogP contribution in [0.2, 0.25) is 5.02 Å². The fourth-order valence-electron chi connectivity index (χ4n) is 3.91. The maximum absolute atomic E-state index is 14.3. The molecule has 2 aliphatic rings. The minimum Gasteiger partial charge on any atom is -0.480 e. The predicted molar refractivity (Wildman–Crippen MR) is 108 cm³/mol. The molecule has 33 heavy (non-hydrogen) atoms. The molecule has 0 saturated carbocycles. The molecule has 11 nitrogen and oxygen atoms in total. The third-order valence-corrected chi connectivity index (χ3v) is 5.98. The Morgan fingerprint density at radius 2 is 1.67 bits per heavy atom. The highest BCUT2D eigenvalue weighted by Crippen LogP contribution is 2.35. The normalized spacial score (nSPS) is 40.4. The van der Waals surface area contributed by atoms with Gasteiger partial charge in [0.05, 0.1) is 11.6 Å². The van der Waals surface area contributed by atoms with E-state index in [9.17, 15) is 40.1 Å². The predicted octanol–water partition coefficient (Wildman–Crippen LogP) is -2.09. The molecule has 11 atom stereocenters. The molecular formula is C20H28ClFO11. The van der Waals surface area contributed by atoms with Gasteiger partial charge in [0.25, 0.3) is 0 Å². The summed E-state index contributed by atoms with van der Waals surface area (Å²) in [6.45, 7) is 0.904. The molecule has 0 amide bonds. The van der Waals surface area contributed by atoms with Gasteiger partial charge >= 0.3 is 0 Å². The van der Waals surface area contributed by atoms with Gasteiger partial charge in [-0.05, 0) is 19.1 Å².